The van der Waals surface area contributed by atoms with Crippen LogP contribution in [0, 0.1) is 5.92 Å². The molecule has 1 aliphatic rings. The number of anilines is 1. The van der Waals surface area contributed by atoms with Gasteiger partial charge in [0.05, 0.1) is 0 Å². The van der Waals surface area contributed by atoms with E-state index in [0.29, 0.717) is 0 Å². The van der Waals surface area contributed by atoms with E-state index in [1.54, 1.807) is 0 Å². The lowest BCUT2D eigenvalue weighted by atomic mass is 9.85. The number of hydrogen-bond donors (Lipinski definition) is 0. The van der Waals surface area contributed by atoms with Gasteiger partial charge in [0, 0.05) is 19.3 Å². The number of hydrogen-bond acceptors (Lipinski definition) is 2. The van der Waals surface area contributed by atoms with Gasteiger partial charge in [-0.1, -0.05) is 12.5 Å². The summed E-state index contributed by atoms with van der Waals surface area (Å²) in [5.74, 6) is 2.04. The van der Waals surface area contributed by atoms with Gasteiger partial charge in [-0.15, -0.1) is 0 Å². The molecule has 2 heteroatoms. The van der Waals surface area contributed by atoms with Gasteiger partial charge in [0.2, 0.25) is 0 Å². The van der Waals surface area contributed by atoms with Gasteiger partial charge in [-0.25, -0.2) is 4.98 Å². The van der Waals surface area contributed by atoms with Crippen molar-refractivity contribution in [3.8, 4) is 0 Å². The molecule has 0 aromatic carbocycles. The highest BCUT2D eigenvalue weighted by Gasteiger charge is 2.20. The second-order valence-electron chi connectivity index (χ2n) is 4.02. The minimum Gasteiger partial charge on any atom is -0.357 e. The SMILES string of the molecule is CCN(CC1CCC1)c1ccccn1. The quantitative estimate of drug-likeness (QED) is 0.725. The Morgan fingerprint density at radius 3 is 2.79 bits per heavy atom. The lowest BCUT2D eigenvalue weighted by Crippen LogP contribution is -2.32. The first-order valence-corrected chi connectivity index (χ1v) is 5.56. The third-order valence-electron chi connectivity index (χ3n) is 3.06. The molecule has 14 heavy (non-hydrogen) atoms. The third-order valence-corrected chi connectivity index (χ3v) is 3.06. The van der Waals surface area contributed by atoms with Crippen LogP contribution in [0.5, 0.6) is 0 Å². The van der Waals surface area contributed by atoms with Gasteiger partial charge in [-0.05, 0) is 37.8 Å². The van der Waals surface area contributed by atoms with Crippen LogP contribution in [0.4, 0.5) is 5.82 Å². The predicted molar refractivity (Wildman–Crippen MR) is 59.5 cm³/mol. The summed E-state index contributed by atoms with van der Waals surface area (Å²) < 4.78 is 0. The first-order chi connectivity index (χ1) is 6.90. The molecule has 1 aromatic rings. The molecule has 0 spiro atoms. The van der Waals surface area contributed by atoms with Crippen LogP contribution in [0.1, 0.15) is 26.2 Å². The van der Waals surface area contributed by atoms with Crippen molar-refractivity contribution in [2.45, 2.75) is 26.2 Å². The van der Waals surface area contributed by atoms with Gasteiger partial charge >= 0.3 is 0 Å². The van der Waals surface area contributed by atoms with Crippen molar-refractivity contribution in [2.24, 2.45) is 5.92 Å². The van der Waals surface area contributed by atoms with Crippen LogP contribution in [0.3, 0.4) is 0 Å². The highest BCUT2D eigenvalue weighted by molar-refractivity contribution is 5.37. The van der Waals surface area contributed by atoms with E-state index < -0.39 is 0 Å². The Bertz CT molecular complexity index is 267. The van der Waals surface area contributed by atoms with Crippen molar-refractivity contribution in [2.75, 3.05) is 18.0 Å². The molecule has 0 N–H and O–H groups in total. The maximum Gasteiger partial charge on any atom is 0.128 e. The topological polar surface area (TPSA) is 16.1 Å². The van der Waals surface area contributed by atoms with Crippen LogP contribution in [0.25, 0.3) is 0 Å². The highest BCUT2D eigenvalue weighted by Crippen LogP contribution is 2.28. The van der Waals surface area contributed by atoms with E-state index in [9.17, 15) is 0 Å². The summed E-state index contributed by atoms with van der Waals surface area (Å²) in [7, 11) is 0. The average Bonchev–Trinajstić information content (AvgIpc) is 2.18. The Kier molecular flexibility index (Phi) is 3.02. The van der Waals surface area contributed by atoms with Gasteiger partial charge in [0.15, 0.2) is 0 Å². The monoisotopic (exact) mass is 190 g/mol. The Morgan fingerprint density at radius 1 is 1.43 bits per heavy atom. The van der Waals surface area contributed by atoms with Crippen molar-refractivity contribution >= 4 is 5.82 Å². The third kappa shape index (κ3) is 2.06. The Morgan fingerprint density at radius 2 is 2.29 bits per heavy atom. The first kappa shape index (κ1) is 9.50. The predicted octanol–water partition coefficient (Wildman–Crippen LogP) is 2.71. The molecule has 1 aromatic heterocycles. The van der Waals surface area contributed by atoms with E-state index in [0.717, 1.165) is 18.3 Å². The summed E-state index contributed by atoms with van der Waals surface area (Å²) in [6.45, 7) is 4.45. The zero-order valence-electron chi connectivity index (χ0n) is 8.82. The van der Waals surface area contributed by atoms with Gasteiger partial charge < -0.3 is 4.90 Å². The van der Waals surface area contributed by atoms with Crippen LogP contribution in [-0.4, -0.2) is 18.1 Å². The van der Waals surface area contributed by atoms with Crippen molar-refractivity contribution in [3.63, 3.8) is 0 Å². The van der Waals surface area contributed by atoms with E-state index in [-0.39, 0.29) is 0 Å². The second-order valence-corrected chi connectivity index (χ2v) is 4.02. The molecule has 0 radical (unpaired) electrons. The number of nitrogens with zero attached hydrogens (tertiary/aromatic N) is 2. The molecular formula is C12H18N2. The van der Waals surface area contributed by atoms with Crippen LogP contribution in [-0.2, 0) is 0 Å². The summed E-state index contributed by atoms with van der Waals surface area (Å²) >= 11 is 0. The fourth-order valence-electron chi connectivity index (χ4n) is 1.91. The van der Waals surface area contributed by atoms with Gasteiger partial charge in [0.1, 0.15) is 5.82 Å². The molecule has 1 heterocycles. The largest absolute Gasteiger partial charge is 0.357 e. The minimum atomic E-state index is 0.914. The fourth-order valence-corrected chi connectivity index (χ4v) is 1.91. The normalized spacial score (nSPS) is 16.4. The Balaban J connectivity index is 1.98. The van der Waals surface area contributed by atoms with E-state index in [4.69, 9.17) is 0 Å². The summed E-state index contributed by atoms with van der Waals surface area (Å²) in [6, 6.07) is 6.13. The molecule has 1 saturated carbocycles. The zero-order chi connectivity index (χ0) is 9.80. The second kappa shape index (κ2) is 4.45. The molecular weight excluding hydrogens is 172 g/mol. The van der Waals surface area contributed by atoms with E-state index >= 15 is 0 Å². The first-order valence-electron chi connectivity index (χ1n) is 5.56. The fraction of sp³-hybridized carbons (Fsp3) is 0.583. The molecule has 76 valence electrons. The number of rotatable bonds is 4. The van der Waals surface area contributed by atoms with Crippen LogP contribution < -0.4 is 4.90 Å². The standard InChI is InChI=1S/C12H18N2/c1-2-14(10-11-6-5-7-11)12-8-3-4-9-13-12/h3-4,8-9,11H,2,5-7,10H2,1H3. The van der Waals surface area contributed by atoms with E-state index in [1.165, 1.54) is 25.8 Å². The zero-order valence-corrected chi connectivity index (χ0v) is 8.82. The van der Waals surface area contributed by atoms with Crippen molar-refractivity contribution < 1.29 is 0 Å². The molecule has 0 saturated heterocycles. The molecule has 0 aliphatic heterocycles. The number of aromatic nitrogens is 1. The molecule has 1 fully saturated rings. The molecule has 0 bridgehead atoms. The van der Waals surface area contributed by atoms with Crippen LogP contribution in [0.15, 0.2) is 24.4 Å². The molecule has 0 amide bonds. The highest BCUT2D eigenvalue weighted by atomic mass is 15.2. The summed E-state index contributed by atoms with van der Waals surface area (Å²) in [5, 5.41) is 0. The maximum absolute atomic E-state index is 4.39. The molecule has 1 aliphatic carbocycles. The van der Waals surface area contributed by atoms with Crippen molar-refractivity contribution in [1.82, 2.24) is 4.98 Å². The molecule has 2 rings (SSSR count). The smallest absolute Gasteiger partial charge is 0.128 e. The minimum absolute atomic E-state index is 0.914. The maximum atomic E-state index is 4.39. The van der Waals surface area contributed by atoms with E-state index in [1.807, 2.05) is 12.3 Å². The van der Waals surface area contributed by atoms with Gasteiger partial charge in [-0.3, -0.25) is 0 Å². The summed E-state index contributed by atoms with van der Waals surface area (Å²) in [6.07, 6.45) is 6.11. The lowest BCUT2D eigenvalue weighted by molar-refractivity contribution is 0.318. The Labute approximate surface area is 86.0 Å². The Hall–Kier alpha value is -1.05. The van der Waals surface area contributed by atoms with Crippen LogP contribution >= 0.6 is 0 Å². The average molecular weight is 190 g/mol. The number of pyridine rings is 1. The molecule has 0 atom stereocenters. The van der Waals surface area contributed by atoms with Crippen molar-refractivity contribution in [1.29, 1.82) is 0 Å². The summed E-state index contributed by atoms with van der Waals surface area (Å²) in [4.78, 5) is 6.77. The summed E-state index contributed by atoms with van der Waals surface area (Å²) in [5.41, 5.74) is 0. The molecule has 0 unspecified atom stereocenters. The van der Waals surface area contributed by atoms with Crippen molar-refractivity contribution in [3.05, 3.63) is 24.4 Å². The van der Waals surface area contributed by atoms with Gasteiger partial charge in [0.25, 0.3) is 0 Å². The van der Waals surface area contributed by atoms with Crippen LogP contribution in [0.2, 0.25) is 0 Å². The molecule has 2 nitrogen and oxygen atoms in total. The van der Waals surface area contributed by atoms with Gasteiger partial charge in [-0.2, -0.15) is 0 Å². The lowest BCUT2D eigenvalue weighted by Gasteiger charge is -2.32. The van der Waals surface area contributed by atoms with E-state index in [2.05, 4.69) is 28.9 Å².